The minimum atomic E-state index is -0.802. The van der Waals surface area contributed by atoms with Crippen LogP contribution < -0.4 is 26.8 Å². The number of hydrogen-bond donors (Lipinski definition) is 4. The molecule has 1 amide bonds. The fourth-order valence-corrected chi connectivity index (χ4v) is 4.11. The van der Waals surface area contributed by atoms with Gasteiger partial charge in [0.15, 0.2) is 11.6 Å². The van der Waals surface area contributed by atoms with E-state index in [1.54, 1.807) is 25.3 Å². The second-order valence-electron chi connectivity index (χ2n) is 8.77. The van der Waals surface area contributed by atoms with Crippen LogP contribution in [0.5, 0.6) is 5.88 Å². The minimum absolute atomic E-state index is 0.0171. The number of nitrogens with one attached hydrogen (secondary N) is 2. The number of hydrogen-bond acceptors (Lipinski definition) is 10. The Morgan fingerprint density at radius 1 is 1.08 bits per heavy atom. The molecule has 1 aliphatic carbocycles. The van der Waals surface area contributed by atoms with Gasteiger partial charge in [-0.15, -0.1) is 0 Å². The van der Waals surface area contributed by atoms with E-state index < -0.39 is 11.7 Å². The minimum Gasteiger partial charge on any atom is -0.474 e. The van der Waals surface area contributed by atoms with Crippen LogP contribution in [0.2, 0.25) is 0 Å². The molecule has 0 aliphatic heterocycles. The Kier molecular flexibility index (Phi) is 8.99. The predicted molar refractivity (Wildman–Crippen MR) is 138 cm³/mol. The Morgan fingerprint density at radius 2 is 1.89 bits per heavy atom. The molecule has 198 valence electrons. The standard InChI is InChI=1S/C25H32FN7O4/c1-35-8-9-36-10-11-37-22-14-29-21-12-15(6-7-20(21)31-22)30-24-16(23(28)34)13-17(26)25(33-24)32-19-5-3-2-4-18(19)27/h6-7,12-14,18-19H,2-5,8-11,27H2,1H3,(H2,28,34)(H2,30,32,33)/t18?,19-/m1/s1. The molecular formula is C25H32FN7O4. The second kappa shape index (κ2) is 12.6. The molecule has 3 aromatic rings. The first kappa shape index (κ1) is 26.5. The van der Waals surface area contributed by atoms with E-state index in [1.165, 1.54) is 6.20 Å². The van der Waals surface area contributed by atoms with Crippen molar-refractivity contribution in [1.29, 1.82) is 0 Å². The van der Waals surface area contributed by atoms with Gasteiger partial charge in [0.05, 0.1) is 42.6 Å². The van der Waals surface area contributed by atoms with E-state index in [2.05, 4.69) is 25.6 Å². The van der Waals surface area contributed by atoms with Gasteiger partial charge in [-0.3, -0.25) is 4.79 Å². The van der Waals surface area contributed by atoms with Crippen molar-refractivity contribution in [3.05, 3.63) is 41.8 Å². The van der Waals surface area contributed by atoms with Crippen LogP contribution in [-0.2, 0) is 9.47 Å². The van der Waals surface area contributed by atoms with Gasteiger partial charge in [0, 0.05) is 24.9 Å². The van der Waals surface area contributed by atoms with Gasteiger partial charge in [-0.2, -0.15) is 0 Å². The number of benzene rings is 1. The first-order chi connectivity index (χ1) is 17.9. The topological polar surface area (TPSA) is 160 Å². The molecule has 0 spiro atoms. The average molecular weight is 514 g/mol. The SMILES string of the molecule is COCCOCCOc1cnc2cc(Nc3nc(N[C@@H]4CCCCC4N)c(F)cc3C(N)=O)ccc2n1. The molecule has 2 heterocycles. The fraction of sp³-hybridized carbons (Fsp3) is 0.440. The Hall–Kier alpha value is -3.61. The molecule has 2 aromatic heterocycles. The molecule has 37 heavy (non-hydrogen) atoms. The highest BCUT2D eigenvalue weighted by molar-refractivity contribution is 5.98. The Morgan fingerprint density at radius 3 is 2.68 bits per heavy atom. The number of rotatable bonds is 12. The number of anilines is 3. The maximum absolute atomic E-state index is 14.8. The lowest BCUT2D eigenvalue weighted by molar-refractivity contribution is 0.0537. The van der Waals surface area contributed by atoms with Gasteiger partial charge in [-0.05, 0) is 37.1 Å². The third-order valence-electron chi connectivity index (χ3n) is 6.08. The number of fused-ring (bicyclic) bond motifs is 1. The quantitative estimate of drug-likeness (QED) is 0.265. The van der Waals surface area contributed by atoms with Crippen LogP contribution in [0, 0.1) is 5.82 Å². The van der Waals surface area contributed by atoms with E-state index in [1.807, 2.05) is 0 Å². The van der Waals surface area contributed by atoms with E-state index in [-0.39, 0.29) is 29.3 Å². The monoisotopic (exact) mass is 513 g/mol. The number of amides is 1. The van der Waals surface area contributed by atoms with E-state index in [0.717, 1.165) is 31.7 Å². The third kappa shape index (κ3) is 7.00. The van der Waals surface area contributed by atoms with Crippen molar-refractivity contribution < 1.29 is 23.4 Å². The van der Waals surface area contributed by atoms with E-state index in [0.29, 0.717) is 49.0 Å². The van der Waals surface area contributed by atoms with Gasteiger partial charge in [-0.1, -0.05) is 12.8 Å². The number of halogens is 1. The summed E-state index contributed by atoms with van der Waals surface area (Å²) in [4.78, 5) is 25.2. The lowest BCUT2D eigenvalue weighted by Gasteiger charge is -2.30. The van der Waals surface area contributed by atoms with Crippen molar-refractivity contribution in [1.82, 2.24) is 15.0 Å². The Bertz CT molecular complexity index is 1230. The zero-order valence-electron chi connectivity index (χ0n) is 20.7. The maximum atomic E-state index is 14.8. The summed E-state index contributed by atoms with van der Waals surface area (Å²) in [6, 6.07) is 6.11. The molecule has 0 saturated heterocycles. The number of pyridine rings is 1. The summed E-state index contributed by atoms with van der Waals surface area (Å²) >= 11 is 0. The molecule has 1 aromatic carbocycles. The summed E-state index contributed by atoms with van der Waals surface area (Å²) in [5, 5.41) is 6.16. The van der Waals surface area contributed by atoms with E-state index in [4.69, 9.17) is 25.7 Å². The molecule has 2 atom stereocenters. The summed E-state index contributed by atoms with van der Waals surface area (Å²) in [6.45, 7) is 1.75. The first-order valence-electron chi connectivity index (χ1n) is 12.2. The molecule has 1 fully saturated rings. The van der Waals surface area contributed by atoms with Crippen molar-refractivity contribution in [2.45, 2.75) is 37.8 Å². The molecule has 1 unspecified atom stereocenters. The van der Waals surface area contributed by atoms with Crippen LogP contribution in [0.25, 0.3) is 11.0 Å². The van der Waals surface area contributed by atoms with E-state index in [9.17, 15) is 9.18 Å². The Balaban J connectivity index is 1.48. The Labute approximate surface area is 214 Å². The van der Waals surface area contributed by atoms with Crippen LogP contribution in [0.1, 0.15) is 36.0 Å². The maximum Gasteiger partial charge on any atom is 0.252 e. The number of aromatic nitrogens is 3. The van der Waals surface area contributed by atoms with Crippen LogP contribution >= 0.6 is 0 Å². The lowest BCUT2D eigenvalue weighted by Crippen LogP contribution is -2.43. The molecule has 1 aliphatic rings. The summed E-state index contributed by atoms with van der Waals surface area (Å²) in [7, 11) is 1.61. The van der Waals surface area contributed by atoms with Gasteiger partial charge in [0.2, 0.25) is 5.88 Å². The smallest absolute Gasteiger partial charge is 0.252 e. The number of ether oxygens (including phenoxy) is 3. The van der Waals surface area contributed by atoms with Gasteiger partial charge < -0.3 is 36.3 Å². The molecule has 0 radical (unpaired) electrons. The summed E-state index contributed by atoms with van der Waals surface area (Å²) in [5.74, 6) is -0.956. The number of carbonyl (C=O) groups is 1. The highest BCUT2D eigenvalue weighted by Gasteiger charge is 2.24. The van der Waals surface area contributed by atoms with Gasteiger partial charge in [-0.25, -0.2) is 19.3 Å². The molecule has 12 heteroatoms. The highest BCUT2D eigenvalue weighted by Crippen LogP contribution is 2.28. The van der Waals surface area contributed by atoms with Gasteiger partial charge in [0.1, 0.15) is 12.4 Å². The third-order valence-corrected chi connectivity index (χ3v) is 6.08. The number of carbonyl (C=O) groups excluding carboxylic acids is 1. The molecule has 6 N–H and O–H groups in total. The summed E-state index contributed by atoms with van der Waals surface area (Å²) in [6.07, 6.45) is 5.24. The summed E-state index contributed by atoms with van der Waals surface area (Å²) < 4.78 is 30.7. The van der Waals surface area contributed by atoms with Crippen molar-refractivity contribution in [2.75, 3.05) is 44.2 Å². The number of primary amides is 1. The van der Waals surface area contributed by atoms with Crippen molar-refractivity contribution in [2.24, 2.45) is 11.5 Å². The number of nitrogens with two attached hydrogens (primary N) is 2. The number of nitrogens with zero attached hydrogens (tertiary/aromatic N) is 3. The van der Waals surface area contributed by atoms with Gasteiger partial charge >= 0.3 is 0 Å². The van der Waals surface area contributed by atoms with Crippen LogP contribution in [0.3, 0.4) is 0 Å². The van der Waals surface area contributed by atoms with Crippen molar-refractivity contribution in [3.8, 4) is 5.88 Å². The molecule has 0 bridgehead atoms. The largest absolute Gasteiger partial charge is 0.474 e. The zero-order valence-corrected chi connectivity index (χ0v) is 20.7. The second-order valence-corrected chi connectivity index (χ2v) is 8.77. The number of methoxy groups -OCH3 is 1. The fourth-order valence-electron chi connectivity index (χ4n) is 4.11. The van der Waals surface area contributed by atoms with Crippen LogP contribution in [-0.4, -0.2) is 66.5 Å². The van der Waals surface area contributed by atoms with Crippen LogP contribution in [0.4, 0.5) is 21.7 Å². The van der Waals surface area contributed by atoms with Gasteiger partial charge in [0.25, 0.3) is 5.91 Å². The lowest BCUT2D eigenvalue weighted by atomic mass is 9.91. The average Bonchev–Trinajstić information content (AvgIpc) is 2.89. The first-order valence-corrected chi connectivity index (χ1v) is 12.2. The highest BCUT2D eigenvalue weighted by atomic mass is 19.1. The summed E-state index contributed by atoms with van der Waals surface area (Å²) in [5.41, 5.74) is 13.4. The van der Waals surface area contributed by atoms with Crippen molar-refractivity contribution in [3.63, 3.8) is 0 Å². The zero-order chi connectivity index (χ0) is 26.2. The molecular weight excluding hydrogens is 481 g/mol. The normalized spacial score (nSPS) is 17.5. The van der Waals surface area contributed by atoms with Crippen molar-refractivity contribution >= 4 is 34.3 Å². The molecule has 1 saturated carbocycles. The van der Waals surface area contributed by atoms with E-state index >= 15 is 0 Å². The molecule has 11 nitrogen and oxygen atoms in total. The molecule has 4 rings (SSSR count). The predicted octanol–water partition coefficient (Wildman–Crippen LogP) is 2.73. The van der Waals surface area contributed by atoms with Crippen LogP contribution in [0.15, 0.2) is 30.5 Å².